The number of rotatable bonds is 14. The first-order valence-electron chi connectivity index (χ1n) is 10.8. The molecule has 10 N–H and O–H groups in total. The van der Waals surface area contributed by atoms with Crippen LogP contribution in [0.4, 0.5) is 0 Å². The van der Waals surface area contributed by atoms with Gasteiger partial charge in [-0.15, -0.1) is 0 Å². The number of carbonyl (C=O) groups is 4. The van der Waals surface area contributed by atoms with E-state index < -0.39 is 47.9 Å². The molecule has 0 spiro atoms. The lowest BCUT2D eigenvalue weighted by Gasteiger charge is -2.27. The molecule has 0 radical (unpaired) electrons. The van der Waals surface area contributed by atoms with Crippen molar-refractivity contribution in [2.75, 3.05) is 6.54 Å². The molecular formula is C20H39N7O5. The fraction of sp³-hybridized carbons (Fsp3) is 0.750. The minimum Gasteiger partial charge on any atom is -0.480 e. The predicted octanol–water partition coefficient (Wildman–Crippen LogP) is -1.37. The Kier molecular flexibility index (Phi) is 12.9. The van der Waals surface area contributed by atoms with Crippen LogP contribution in [0.5, 0.6) is 0 Å². The van der Waals surface area contributed by atoms with Crippen molar-refractivity contribution in [3.05, 3.63) is 0 Å². The van der Waals surface area contributed by atoms with Gasteiger partial charge in [-0.1, -0.05) is 34.1 Å². The van der Waals surface area contributed by atoms with E-state index in [1.54, 1.807) is 20.8 Å². The normalized spacial score (nSPS) is 15.6. The third-order valence-corrected chi connectivity index (χ3v) is 5.08. The second-order valence-corrected chi connectivity index (χ2v) is 8.23. The van der Waals surface area contributed by atoms with Crippen molar-refractivity contribution < 1.29 is 24.3 Å². The number of amides is 3. The van der Waals surface area contributed by atoms with Gasteiger partial charge in [0.05, 0.1) is 6.04 Å². The summed E-state index contributed by atoms with van der Waals surface area (Å²) >= 11 is 0. The number of nitrogens with zero attached hydrogens (tertiary/aromatic N) is 1. The summed E-state index contributed by atoms with van der Waals surface area (Å²) in [7, 11) is 0. The van der Waals surface area contributed by atoms with Gasteiger partial charge in [-0.3, -0.25) is 19.4 Å². The van der Waals surface area contributed by atoms with Crippen LogP contribution in [0.3, 0.4) is 0 Å². The molecule has 3 amide bonds. The van der Waals surface area contributed by atoms with Gasteiger partial charge < -0.3 is 38.3 Å². The van der Waals surface area contributed by atoms with Gasteiger partial charge in [-0.2, -0.15) is 0 Å². The van der Waals surface area contributed by atoms with Gasteiger partial charge in [-0.25, -0.2) is 4.79 Å². The summed E-state index contributed by atoms with van der Waals surface area (Å²) in [5, 5.41) is 16.8. The number of guanidine groups is 1. The molecule has 0 aliphatic rings. The van der Waals surface area contributed by atoms with Crippen LogP contribution >= 0.6 is 0 Å². The maximum atomic E-state index is 12.8. The van der Waals surface area contributed by atoms with E-state index in [1.165, 1.54) is 6.92 Å². The molecule has 0 aromatic heterocycles. The van der Waals surface area contributed by atoms with Crippen LogP contribution in [0.25, 0.3) is 0 Å². The minimum absolute atomic E-state index is 0.0437. The van der Waals surface area contributed by atoms with E-state index >= 15 is 0 Å². The van der Waals surface area contributed by atoms with Gasteiger partial charge in [0.15, 0.2) is 5.96 Å². The van der Waals surface area contributed by atoms with Crippen molar-refractivity contribution in [3.63, 3.8) is 0 Å². The molecule has 184 valence electrons. The maximum Gasteiger partial charge on any atom is 0.326 e. The molecule has 5 unspecified atom stereocenters. The second-order valence-electron chi connectivity index (χ2n) is 8.23. The van der Waals surface area contributed by atoms with E-state index in [1.807, 2.05) is 6.92 Å². The zero-order valence-corrected chi connectivity index (χ0v) is 19.6. The van der Waals surface area contributed by atoms with Crippen LogP contribution in [0, 0.1) is 11.8 Å². The summed E-state index contributed by atoms with van der Waals surface area (Å²) in [5.74, 6) is -3.46. The predicted molar refractivity (Wildman–Crippen MR) is 121 cm³/mol. The third-order valence-electron chi connectivity index (χ3n) is 5.08. The zero-order valence-electron chi connectivity index (χ0n) is 19.6. The second kappa shape index (κ2) is 14.2. The van der Waals surface area contributed by atoms with Crippen LogP contribution in [0.1, 0.15) is 53.9 Å². The highest BCUT2D eigenvalue weighted by Crippen LogP contribution is 2.10. The zero-order chi connectivity index (χ0) is 25.0. The third kappa shape index (κ3) is 10.4. The van der Waals surface area contributed by atoms with Crippen molar-refractivity contribution in [2.45, 2.75) is 78.0 Å². The molecule has 12 heteroatoms. The first kappa shape index (κ1) is 29.1. The van der Waals surface area contributed by atoms with Crippen LogP contribution in [0.15, 0.2) is 4.99 Å². The number of nitrogens with two attached hydrogens (primary N) is 3. The van der Waals surface area contributed by atoms with E-state index in [0.717, 1.165) is 0 Å². The van der Waals surface area contributed by atoms with Crippen molar-refractivity contribution in [1.29, 1.82) is 0 Å². The van der Waals surface area contributed by atoms with Crippen molar-refractivity contribution in [1.82, 2.24) is 16.0 Å². The molecule has 0 heterocycles. The largest absolute Gasteiger partial charge is 0.480 e. The average molecular weight is 458 g/mol. The molecular weight excluding hydrogens is 418 g/mol. The highest BCUT2D eigenvalue weighted by molar-refractivity contribution is 5.94. The number of carbonyl (C=O) groups excluding carboxylic acids is 3. The van der Waals surface area contributed by atoms with Crippen LogP contribution in [0.2, 0.25) is 0 Å². The Hall–Kier alpha value is -2.89. The highest BCUT2D eigenvalue weighted by Gasteiger charge is 2.31. The smallest absolute Gasteiger partial charge is 0.326 e. The Labute approximate surface area is 189 Å². The fourth-order valence-corrected chi connectivity index (χ4v) is 2.77. The lowest BCUT2D eigenvalue weighted by molar-refractivity contribution is -0.143. The molecule has 0 aliphatic heterocycles. The monoisotopic (exact) mass is 457 g/mol. The Morgan fingerprint density at radius 2 is 1.47 bits per heavy atom. The van der Waals surface area contributed by atoms with Crippen LogP contribution < -0.4 is 33.2 Å². The van der Waals surface area contributed by atoms with Gasteiger partial charge in [0, 0.05) is 6.54 Å². The number of aliphatic imine (C=N–C) groups is 1. The maximum absolute atomic E-state index is 12.8. The number of hydrogen-bond donors (Lipinski definition) is 7. The van der Waals surface area contributed by atoms with E-state index in [-0.39, 0.29) is 17.8 Å². The van der Waals surface area contributed by atoms with Gasteiger partial charge >= 0.3 is 5.97 Å². The lowest BCUT2D eigenvalue weighted by atomic mass is 9.97. The molecule has 12 nitrogen and oxygen atoms in total. The van der Waals surface area contributed by atoms with E-state index in [2.05, 4.69) is 20.9 Å². The Morgan fingerprint density at radius 1 is 0.906 bits per heavy atom. The number of carboxylic acid groups (broad SMARTS) is 1. The molecule has 0 aliphatic carbocycles. The van der Waals surface area contributed by atoms with Gasteiger partial charge in [-0.05, 0) is 31.6 Å². The summed E-state index contributed by atoms with van der Waals surface area (Å²) in [6.07, 6.45) is 1.40. The summed E-state index contributed by atoms with van der Waals surface area (Å²) in [5.41, 5.74) is 16.4. The minimum atomic E-state index is -1.16. The number of carboxylic acids is 1. The summed E-state index contributed by atoms with van der Waals surface area (Å²) in [6, 6.07) is -3.85. The quantitative estimate of drug-likeness (QED) is 0.0935. The Morgan fingerprint density at radius 3 is 1.94 bits per heavy atom. The van der Waals surface area contributed by atoms with Crippen LogP contribution in [-0.4, -0.2) is 65.5 Å². The Balaban J connectivity index is 5.03. The molecule has 0 aromatic rings. The number of nitrogens with one attached hydrogen (secondary N) is 3. The standard InChI is InChI=1S/C20H39N7O5/c1-6-11(4)15(27-17(29)13(21)8-7-9-24-20(22)23)18(30)25-12(5)16(28)26-14(10(2)3)19(31)32/h10-15H,6-9,21H2,1-5H3,(H,25,30)(H,26,28)(H,27,29)(H,31,32)(H4,22,23,24). The molecule has 0 rings (SSSR count). The van der Waals surface area contributed by atoms with Crippen molar-refractivity contribution in [3.8, 4) is 0 Å². The van der Waals surface area contributed by atoms with Gasteiger partial charge in [0.25, 0.3) is 0 Å². The lowest BCUT2D eigenvalue weighted by Crippen LogP contribution is -2.58. The van der Waals surface area contributed by atoms with Gasteiger partial charge in [0.2, 0.25) is 17.7 Å². The van der Waals surface area contributed by atoms with Gasteiger partial charge in [0.1, 0.15) is 18.1 Å². The molecule has 5 atom stereocenters. The summed E-state index contributed by atoms with van der Waals surface area (Å²) in [6.45, 7) is 8.76. The first-order chi connectivity index (χ1) is 14.8. The van der Waals surface area contributed by atoms with Crippen molar-refractivity contribution >= 4 is 29.7 Å². The average Bonchev–Trinajstić information content (AvgIpc) is 2.71. The SMILES string of the molecule is CCC(C)C(NC(=O)C(N)CCCN=C(N)N)C(=O)NC(C)C(=O)NC(C(=O)O)C(C)C. The molecule has 0 saturated carbocycles. The Bertz CT molecular complexity index is 679. The fourth-order valence-electron chi connectivity index (χ4n) is 2.77. The molecule has 0 saturated heterocycles. The number of hydrogen-bond acceptors (Lipinski definition) is 6. The topological polar surface area (TPSA) is 215 Å². The first-order valence-corrected chi connectivity index (χ1v) is 10.8. The molecule has 0 aromatic carbocycles. The summed E-state index contributed by atoms with van der Waals surface area (Å²) in [4.78, 5) is 52.7. The molecule has 0 bridgehead atoms. The summed E-state index contributed by atoms with van der Waals surface area (Å²) < 4.78 is 0. The van der Waals surface area contributed by atoms with E-state index in [4.69, 9.17) is 17.2 Å². The number of aliphatic carboxylic acids is 1. The highest BCUT2D eigenvalue weighted by atomic mass is 16.4. The van der Waals surface area contributed by atoms with Crippen molar-refractivity contribution in [2.24, 2.45) is 34.0 Å². The molecule has 0 fully saturated rings. The molecule has 32 heavy (non-hydrogen) atoms. The van der Waals surface area contributed by atoms with Crippen LogP contribution in [-0.2, 0) is 19.2 Å². The van der Waals surface area contributed by atoms with E-state index in [9.17, 15) is 24.3 Å². The van der Waals surface area contributed by atoms with E-state index in [0.29, 0.717) is 25.8 Å².